The Hall–Kier alpha value is -2.35. The molecule has 1 N–H and O–H groups in total. The summed E-state index contributed by atoms with van der Waals surface area (Å²) in [4.78, 5) is 31.7. The first-order valence-corrected chi connectivity index (χ1v) is 11.4. The van der Waals surface area contributed by atoms with Crippen LogP contribution < -0.4 is 5.32 Å². The molecule has 1 fully saturated rings. The highest BCUT2D eigenvalue weighted by atomic mass is 35.5. The van der Waals surface area contributed by atoms with Gasteiger partial charge < -0.3 is 10.2 Å². The first-order valence-electron chi connectivity index (χ1n) is 9.03. The lowest BCUT2D eigenvalue weighted by Crippen LogP contribution is -2.47. The van der Waals surface area contributed by atoms with Gasteiger partial charge in [0.2, 0.25) is 5.91 Å². The van der Waals surface area contributed by atoms with Crippen LogP contribution in [0.3, 0.4) is 0 Å². The predicted octanol–water partition coefficient (Wildman–Crippen LogP) is 4.30. The zero-order chi connectivity index (χ0) is 20.2. The Labute approximate surface area is 182 Å². The van der Waals surface area contributed by atoms with Crippen molar-refractivity contribution in [3.05, 3.63) is 76.3 Å². The predicted molar refractivity (Wildman–Crippen MR) is 118 cm³/mol. The number of nitrogens with zero attached hydrogens (tertiary/aromatic N) is 2. The number of hydrogen-bond donors (Lipinski definition) is 1. The summed E-state index contributed by atoms with van der Waals surface area (Å²) in [7, 11) is 0. The lowest BCUT2D eigenvalue weighted by atomic mass is 10.1. The quantitative estimate of drug-likeness (QED) is 0.638. The number of hydrogen-bond acceptors (Lipinski definition) is 5. The van der Waals surface area contributed by atoms with Crippen LogP contribution in [0, 0.1) is 0 Å². The molecule has 0 radical (unpaired) electrons. The van der Waals surface area contributed by atoms with E-state index >= 15 is 0 Å². The van der Waals surface area contributed by atoms with Crippen LogP contribution in [0.1, 0.15) is 16.1 Å². The van der Waals surface area contributed by atoms with Crippen LogP contribution in [-0.2, 0) is 11.3 Å². The molecule has 5 nitrogen and oxygen atoms in total. The van der Waals surface area contributed by atoms with Crippen LogP contribution >= 0.6 is 34.7 Å². The number of benzene rings is 2. The highest BCUT2D eigenvalue weighted by Crippen LogP contribution is 2.25. The van der Waals surface area contributed by atoms with Crippen LogP contribution in [0.15, 0.2) is 60.0 Å². The second-order valence-corrected chi connectivity index (χ2v) is 8.82. The number of thioether (sulfide) groups is 1. The first kappa shape index (κ1) is 19.9. The van der Waals surface area contributed by atoms with Gasteiger partial charge in [0.1, 0.15) is 11.0 Å². The molecule has 1 saturated heterocycles. The van der Waals surface area contributed by atoms with Gasteiger partial charge in [0.05, 0.1) is 18.1 Å². The van der Waals surface area contributed by atoms with Crippen LogP contribution in [0.2, 0.25) is 5.02 Å². The van der Waals surface area contributed by atoms with Gasteiger partial charge in [-0.1, -0.05) is 48.0 Å². The summed E-state index contributed by atoms with van der Waals surface area (Å²) < 4.78 is 0. The summed E-state index contributed by atoms with van der Waals surface area (Å²) in [5.41, 5.74) is 2.35. The van der Waals surface area contributed by atoms with E-state index in [2.05, 4.69) is 10.3 Å². The maximum Gasteiger partial charge on any atom is 0.255 e. The van der Waals surface area contributed by atoms with Crippen molar-refractivity contribution >= 4 is 46.5 Å². The lowest BCUT2D eigenvalue weighted by molar-refractivity contribution is -0.124. The second kappa shape index (κ2) is 8.98. The molecule has 1 atom stereocenters. The summed E-state index contributed by atoms with van der Waals surface area (Å²) in [6.07, 6.45) is 0. The topological polar surface area (TPSA) is 62.3 Å². The van der Waals surface area contributed by atoms with Crippen molar-refractivity contribution in [3.8, 4) is 10.6 Å². The smallest absolute Gasteiger partial charge is 0.255 e. The summed E-state index contributed by atoms with van der Waals surface area (Å²) in [6.45, 7) is 0.336. The Kier molecular flexibility index (Phi) is 6.18. The number of carbonyl (C=O) groups is 2. The van der Waals surface area contributed by atoms with Crippen molar-refractivity contribution in [3.63, 3.8) is 0 Å². The maximum absolute atomic E-state index is 12.8. The molecule has 148 valence electrons. The SMILES string of the molecule is O=C(NCc1csc(-c2ccccc2)n1)C1CSCN1C(=O)c1cccc(Cl)c1. The average Bonchev–Trinajstić information content (AvgIpc) is 3.42. The molecule has 0 saturated carbocycles. The van der Waals surface area contributed by atoms with E-state index in [0.29, 0.717) is 28.8 Å². The molecule has 0 aliphatic carbocycles. The molecule has 1 aliphatic heterocycles. The number of rotatable bonds is 5. The van der Waals surface area contributed by atoms with Gasteiger partial charge in [0, 0.05) is 27.3 Å². The zero-order valence-electron chi connectivity index (χ0n) is 15.4. The Bertz CT molecular complexity index is 1030. The molecule has 3 aromatic rings. The van der Waals surface area contributed by atoms with E-state index in [1.54, 1.807) is 52.3 Å². The normalized spacial score (nSPS) is 16.0. The Morgan fingerprint density at radius 2 is 2.00 bits per heavy atom. The van der Waals surface area contributed by atoms with E-state index in [1.165, 1.54) is 0 Å². The van der Waals surface area contributed by atoms with Crippen LogP contribution in [0.25, 0.3) is 10.6 Å². The molecule has 0 spiro atoms. The minimum atomic E-state index is -0.501. The summed E-state index contributed by atoms with van der Waals surface area (Å²) in [5.74, 6) is 0.709. The van der Waals surface area contributed by atoms with E-state index < -0.39 is 6.04 Å². The molecule has 0 bridgehead atoms. The monoisotopic (exact) mass is 443 g/mol. The van der Waals surface area contributed by atoms with Gasteiger partial charge in [0.25, 0.3) is 5.91 Å². The lowest BCUT2D eigenvalue weighted by Gasteiger charge is -2.23. The minimum absolute atomic E-state index is 0.167. The van der Waals surface area contributed by atoms with Gasteiger partial charge in [-0.3, -0.25) is 9.59 Å². The summed E-state index contributed by atoms with van der Waals surface area (Å²) in [6, 6.07) is 16.2. The largest absolute Gasteiger partial charge is 0.349 e. The third-order valence-corrected chi connectivity index (χ3v) is 6.72. The van der Waals surface area contributed by atoms with E-state index in [0.717, 1.165) is 16.3 Å². The fourth-order valence-electron chi connectivity index (χ4n) is 3.04. The molecule has 2 amide bonds. The number of amides is 2. The fourth-order valence-corrected chi connectivity index (χ4v) is 5.21. The fraction of sp³-hybridized carbons (Fsp3) is 0.190. The van der Waals surface area contributed by atoms with Crippen molar-refractivity contribution in [1.29, 1.82) is 0 Å². The van der Waals surface area contributed by atoms with Gasteiger partial charge in [-0.2, -0.15) is 0 Å². The molecule has 1 unspecified atom stereocenters. The van der Waals surface area contributed by atoms with E-state index in [-0.39, 0.29) is 11.8 Å². The third-order valence-electron chi connectivity index (χ3n) is 4.53. The summed E-state index contributed by atoms with van der Waals surface area (Å²) in [5, 5.41) is 6.29. The van der Waals surface area contributed by atoms with E-state index in [4.69, 9.17) is 11.6 Å². The van der Waals surface area contributed by atoms with E-state index in [9.17, 15) is 9.59 Å². The molecular weight excluding hydrogens is 426 g/mol. The van der Waals surface area contributed by atoms with Crippen LogP contribution in [0.5, 0.6) is 0 Å². The second-order valence-electron chi connectivity index (χ2n) is 6.53. The van der Waals surface area contributed by atoms with Gasteiger partial charge in [-0.05, 0) is 18.2 Å². The maximum atomic E-state index is 12.8. The van der Waals surface area contributed by atoms with Gasteiger partial charge >= 0.3 is 0 Å². The molecule has 1 aliphatic rings. The Morgan fingerprint density at radius 3 is 2.79 bits per heavy atom. The number of aromatic nitrogens is 1. The van der Waals surface area contributed by atoms with E-state index in [1.807, 2.05) is 35.7 Å². The zero-order valence-corrected chi connectivity index (χ0v) is 17.8. The molecule has 1 aromatic heterocycles. The van der Waals surface area contributed by atoms with Gasteiger partial charge in [-0.15, -0.1) is 23.1 Å². The van der Waals surface area contributed by atoms with Crippen molar-refractivity contribution in [2.24, 2.45) is 0 Å². The third kappa shape index (κ3) is 4.63. The number of carbonyl (C=O) groups excluding carboxylic acids is 2. The summed E-state index contributed by atoms with van der Waals surface area (Å²) >= 11 is 9.11. The Morgan fingerprint density at radius 1 is 1.17 bits per heavy atom. The molecule has 2 heterocycles. The number of nitrogens with one attached hydrogen (secondary N) is 1. The standard InChI is InChI=1S/C21H18ClN3O2S2/c22-16-8-4-7-15(9-16)21(27)25-13-28-12-18(25)19(26)23-10-17-11-29-20(24-17)14-5-2-1-3-6-14/h1-9,11,18H,10,12-13H2,(H,23,26). The Balaban J connectivity index is 1.39. The number of halogens is 1. The highest BCUT2D eigenvalue weighted by Gasteiger charge is 2.35. The minimum Gasteiger partial charge on any atom is -0.349 e. The highest BCUT2D eigenvalue weighted by molar-refractivity contribution is 7.99. The molecule has 29 heavy (non-hydrogen) atoms. The first-order chi connectivity index (χ1) is 14.1. The van der Waals surface area contributed by atoms with Crippen molar-refractivity contribution in [1.82, 2.24) is 15.2 Å². The van der Waals surface area contributed by atoms with Crippen molar-refractivity contribution in [2.75, 3.05) is 11.6 Å². The van der Waals surface area contributed by atoms with Crippen LogP contribution in [-0.4, -0.2) is 39.4 Å². The van der Waals surface area contributed by atoms with Gasteiger partial charge in [-0.25, -0.2) is 4.98 Å². The molecule has 8 heteroatoms. The van der Waals surface area contributed by atoms with Crippen molar-refractivity contribution < 1.29 is 9.59 Å². The molecular formula is C21H18ClN3O2S2. The van der Waals surface area contributed by atoms with Crippen LogP contribution in [0.4, 0.5) is 0 Å². The van der Waals surface area contributed by atoms with Gasteiger partial charge in [0.15, 0.2) is 0 Å². The molecule has 4 rings (SSSR count). The van der Waals surface area contributed by atoms with Crippen molar-refractivity contribution in [2.45, 2.75) is 12.6 Å². The average molecular weight is 444 g/mol. The number of thiazole rings is 1. The molecule has 2 aromatic carbocycles.